The van der Waals surface area contributed by atoms with Crippen LogP contribution in [0, 0.1) is 6.92 Å². The predicted octanol–water partition coefficient (Wildman–Crippen LogP) is 3.62. The molecule has 148 valence electrons. The number of anilines is 1. The van der Waals surface area contributed by atoms with Crippen molar-refractivity contribution >= 4 is 35.3 Å². The molecule has 2 aromatic carbocycles. The van der Waals surface area contributed by atoms with Gasteiger partial charge in [0.1, 0.15) is 0 Å². The summed E-state index contributed by atoms with van der Waals surface area (Å²) in [5, 5.41) is 16.8. The lowest BCUT2D eigenvalue weighted by molar-refractivity contribution is -0.124. The van der Waals surface area contributed by atoms with Crippen LogP contribution in [0.15, 0.2) is 41.5 Å². The van der Waals surface area contributed by atoms with Gasteiger partial charge in [0, 0.05) is 23.6 Å². The smallest absolute Gasteiger partial charge is 0.240 e. The first-order valence-corrected chi connectivity index (χ1v) is 9.11. The van der Waals surface area contributed by atoms with Crippen molar-refractivity contribution in [1.82, 2.24) is 5.43 Å². The molecule has 0 radical (unpaired) electrons. The van der Waals surface area contributed by atoms with Gasteiger partial charge in [-0.1, -0.05) is 17.7 Å². The van der Waals surface area contributed by atoms with E-state index in [1.807, 2.05) is 6.92 Å². The number of nitrogens with one attached hydrogen (secondary N) is 2. The van der Waals surface area contributed by atoms with Crippen molar-refractivity contribution in [1.29, 1.82) is 0 Å². The number of phenols is 1. The Morgan fingerprint density at radius 2 is 1.96 bits per heavy atom. The van der Waals surface area contributed by atoms with E-state index in [0.29, 0.717) is 28.6 Å². The summed E-state index contributed by atoms with van der Waals surface area (Å²) in [5.41, 5.74) is 4.40. The fourth-order valence-corrected chi connectivity index (χ4v) is 2.47. The van der Waals surface area contributed by atoms with E-state index in [-0.39, 0.29) is 24.5 Å². The zero-order valence-electron chi connectivity index (χ0n) is 15.7. The number of carbonyl (C=O) groups excluding carboxylic acids is 2. The lowest BCUT2D eigenvalue weighted by Crippen LogP contribution is -2.20. The first kappa shape index (κ1) is 21.2. The van der Waals surface area contributed by atoms with Crippen LogP contribution in [0.2, 0.25) is 5.02 Å². The van der Waals surface area contributed by atoms with Crippen molar-refractivity contribution in [2.45, 2.75) is 26.7 Å². The Balaban J connectivity index is 1.81. The zero-order valence-corrected chi connectivity index (χ0v) is 16.4. The Bertz CT molecular complexity index is 884. The topological polar surface area (TPSA) is 100 Å². The van der Waals surface area contributed by atoms with E-state index in [1.165, 1.54) is 12.3 Å². The third-order valence-corrected chi connectivity index (χ3v) is 4.22. The number of nitrogens with zero attached hydrogens (tertiary/aromatic N) is 1. The number of benzene rings is 2. The van der Waals surface area contributed by atoms with Crippen molar-refractivity contribution in [3.63, 3.8) is 0 Å². The van der Waals surface area contributed by atoms with E-state index in [0.717, 1.165) is 5.56 Å². The third kappa shape index (κ3) is 6.28. The highest BCUT2D eigenvalue weighted by Gasteiger charge is 2.09. The molecule has 7 nitrogen and oxygen atoms in total. The summed E-state index contributed by atoms with van der Waals surface area (Å²) in [6.45, 7) is 4.03. The quantitative estimate of drug-likeness (QED) is 0.463. The largest absolute Gasteiger partial charge is 0.504 e. The summed E-state index contributed by atoms with van der Waals surface area (Å²) >= 11 is 6.02. The number of ether oxygens (including phenoxy) is 1. The summed E-state index contributed by atoms with van der Waals surface area (Å²) in [7, 11) is 0. The first-order chi connectivity index (χ1) is 13.4. The zero-order chi connectivity index (χ0) is 20.5. The van der Waals surface area contributed by atoms with Crippen molar-refractivity contribution in [2.75, 3.05) is 11.9 Å². The monoisotopic (exact) mass is 403 g/mol. The summed E-state index contributed by atoms with van der Waals surface area (Å²) in [6.07, 6.45) is 1.43. The molecule has 0 spiro atoms. The molecule has 0 aliphatic heterocycles. The number of hydrogen-bond acceptors (Lipinski definition) is 5. The number of rotatable bonds is 8. The van der Waals surface area contributed by atoms with Crippen LogP contribution in [0.4, 0.5) is 5.69 Å². The van der Waals surface area contributed by atoms with Gasteiger partial charge in [-0.15, -0.1) is 0 Å². The summed E-state index contributed by atoms with van der Waals surface area (Å²) in [6, 6.07) is 9.95. The number of hydrogen-bond donors (Lipinski definition) is 3. The van der Waals surface area contributed by atoms with Crippen molar-refractivity contribution in [2.24, 2.45) is 5.10 Å². The molecule has 0 saturated heterocycles. The van der Waals surface area contributed by atoms with Gasteiger partial charge in [-0.05, 0) is 55.3 Å². The number of hydrazone groups is 1. The summed E-state index contributed by atoms with van der Waals surface area (Å²) in [4.78, 5) is 23.8. The average Bonchev–Trinajstić information content (AvgIpc) is 2.66. The third-order valence-electron chi connectivity index (χ3n) is 3.81. The van der Waals surface area contributed by atoms with Gasteiger partial charge in [-0.25, -0.2) is 5.43 Å². The minimum absolute atomic E-state index is 0.0113. The maximum Gasteiger partial charge on any atom is 0.240 e. The van der Waals surface area contributed by atoms with E-state index in [2.05, 4.69) is 15.8 Å². The van der Waals surface area contributed by atoms with Crippen LogP contribution in [-0.4, -0.2) is 29.7 Å². The number of halogens is 1. The second-order valence-electron chi connectivity index (χ2n) is 5.91. The fraction of sp³-hybridized carbons (Fsp3) is 0.250. The second-order valence-corrected chi connectivity index (χ2v) is 6.32. The molecule has 3 N–H and O–H groups in total. The van der Waals surface area contributed by atoms with Crippen LogP contribution >= 0.6 is 11.6 Å². The molecule has 0 saturated carbocycles. The molecule has 0 atom stereocenters. The molecule has 0 aliphatic rings. The average molecular weight is 404 g/mol. The van der Waals surface area contributed by atoms with E-state index >= 15 is 0 Å². The van der Waals surface area contributed by atoms with Crippen LogP contribution in [0.1, 0.15) is 30.9 Å². The lowest BCUT2D eigenvalue weighted by atomic mass is 10.2. The maximum atomic E-state index is 12.0. The number of aromatic hydroxyl groups is 1. The molecule has 0 unspecified atom stereocenters. The molecule has 8 heteroatoms. The highest BCUT2D eigenvalue weighted by Crippen LogP contribution is 2.26. The highest BCUT2D eigenvalue weighted by molar-refractivity contribution is 6.31. The molecule has 2 rings (SSSR count). The number of amides is 2. The van der Waals surface area contributed by atoms with Gasteiger partial charge >= 0.3 is 0 Å². The van der Waals surface area contributed by atoms with Gasteiger partial charge in [0.15, 0.2) is 11.5 Å². The van der Waals surface area contributed by atoms with Crippen LogP contribution in [0.5, 0.6) is 11.5 Å². The Labute approximate surface area is 168 Å². The molecule has 28 heavy (non-hydrogen) atoms. The SMILES string of the molecule is CCOc1cc(C=NNC(=O)CCC(=O)Nc2cccc(Cl)c2C)ccc1O. The highest BCUT2D eigenvalue weighted by atomic mass is 35.5. The first-order valence-electron chi connectivity index (χ1n) is 8.73. The number of carbonyl (C=O) groups is 2. The van der Waals surface area contributed by atoms with Gasteiger partial charge in [0.25, 0.3) is 0 Å². The Hall–Kier alpha value is -3.06. The Morgan fingerprint density at radius 3 is 2.71 bits per heavy atom. The van der Waals surface area contributed by atoms with E-state index in [1.54, 1.807) is 37.3 Å². The summed E-state index contributed by atoms with van der Waals surface area (Å²) < 4.78 is 5.28. The van der Waals surface area contributed by atoms with E-state index in [4.69, 9.17) is 16.3 Å². The molecule has 0 fully saturated rings. The standard InChI is InChI=1S/C20H22ClN3O4/c1-3-28-18-11-14(7-8-17(18)25)12-22-24-20(27)10-9-19(26)23-16-6-4-5-15(21)13(16)2/h4-8,11-12,25H,3,9-10H2,1-2H3,(H,23,26)(H,24,27). The molecule has 0 aliphatic carbocycles. The van der Waals surface area contributed by atoms with E-state index < -0.39 is 5.91 Å². The molecule has 0 bridgehead atoms. The van der Waals surface area contributed by atoms with Gasteiger partial charge in [0.05, 0.1) is 12.8 Å². The Morgan fingerprint density at radius 1 is 1.21 bits per heavy atom. The van der Waals surface area contributed by atoms with Crippen LogP contribution in [0.3, 0.4) is 0 Å². The molecule has 0 aromatic heterocycles. The van der Waals surface area contributed by atoms with Crippen molar-refractivity contribution < 1.29 is 19.4 Å². The normalized spacial score (nSPS) is 10.7. The molecule has 2 amide bonds. The summed E-state index contributed by atoms with van der Waals surface area (Å²) in [5.74, 6) is -0.308. The minimum Gasteiger partial charge on any atom is -0.504 e. The van der Waals surface area contributed by atoms with E-state index in [9.17, 15) is 14.7 Å². The Kier molecular flexibility index (Phi) is 7.83. The second kappa shape index (κ2) is 10.3. The van der Waals surface area contributed by atoms with Gasteiger partial charge < -0.3 is 15.2 Å². The fourth-order valence-electron chi connectivity index (χ4n) is 2.30. The predicted molar refractivity (Wildman–Crippen MR) is 109 cm³/mol. The van der Waals surface area contributed by atoms with Crippen LogP contribution in [0.25, 0.3) is 0 Å². The van der Waals surface area contributed by atoms with Crippen LogP contribution < -0.4 is 15.5 Å². The van der Waals surface area contributed by atoms with Gasteiger partial charge in [-0.2, -0.15) is 5.10 Å². The molecular formula is C20H22ClN3O4. The van der Waals surface area contributed by atoms with Crippen molar-refractivity contribution in [3.05, 3.63) is 52.5 Å². The van der Waals surface area contributed by atoms with Crippen LogP contribution in [-0.2, 0) is 9.59 Å². The molecular weight excluding hydrogens is 382 g/mol. The van der Waals surface area contributed by atoms with Crippen molar-refractivity contribution in [3.8, 4) is 11.5 Å². The number of phenolic OH excluding ortho intramolecular Hbond substituents is 1. The van der Waals surface area contributed by atoms with Gasteiger partial charge in [-0.3, -0.25) is 9.59 Å². The maximum absolute atomic E-state index is 12.0. The molecule has 2 aromatic rings. The lowest BCUT2D eigenvalue weighted by Gasteiger charge is -2.09. The van der Waals surface area contributed by atoms with Gasteiger partial charge in [0.2, 0.25) is 11.8 Å². The minimum atomic E-state index is -0.391. The molecule has 0 heterocycles.